The summed E-state index contributed by atoms with van der Waals surface area (Å²) in [5.74, 6) is 1.53. The fourth-order valence-electron chi connectivity index (χ4n) is 3.62. The number of carbonyl (C=O) groups excluding carboxylic acids is 2. The van der Waals surface area contributed by atoms with Crippen molar-refractivity contribution in [3.8, 4) is 11.5 Å². The largest absolute Gasteiger partial charge is 0.493 e. The minimum atomic E-state index is -0.0524. The van der Waals surface area contributed by atoms with E-state index in [1.807, 2.05) is 54.5 Å². The Kier molecular flexibility index (Phi) is 11.9. The quantitative estimate of drug-likeness (QED) is 0.349. The summed E-state index contributed by atoms with van der Waals surface area (Å²) in [5.41, 5.74) is 1.05. The smallest absolute Gasteiger partial charge is 0.242 e. The molecule has 2 amide bonds. The molecule has 0 aliphatic rings. The van der Waals surface area contributed by atoms with Crippen molar-refractivity contribution in [2.75, 3.05) is 47.6 Å². The lowest BCUT2D eigenvalue weighted by Crippen LogP contribution is -2.44. The Balaban J connectivity index is 2.14. The van der Waals surface area contributed by atoms with Crippen molar-refractivity contribution < 1.29 is 23.8 Å². The van der Waals surface area contributed by atoms with E-state index in [9.17, 15) is 9.59 Å². The molecule has 2 rings (SSSR count). The SMILES string of the molecule is COCCCN(CC(=O)N(CCc1ccc(OC)c(OC)c1)Cc1cccs1)C(=O)CC(C)C. The van der Waals surface area contributed by atoms with Gasteiger partial charge < -0.3 is 24.0 Å². The van der Waals surface area contributed by atoms with E-state index in [1.165, 1.54) is 0 Å². The van der Waals surface area contributed by atoms with E-state index in [-0.39, 0.29) is 24.3 Å². The monoisotopic (exact) mass is 490 g/mol. The van der Waals surface area contributed by atoms with Crippen LogP contribution in [0.25, 0.3) is 0 Å². The van der Waals surface area contributed by atoms with Crippen molar-refractivity contribution in [1.29, 1.82) is 0 Å². The summed E-state index contributed by atoms with van der Waals surface area (Å²) in [6.45, 7) is 6.22. The number of hydrogen-bond acceptors (Lipinski definition) is 6. The molecule has 0 spiro atoms. The number of methoxy groups -OCH3 is 3. The topological polar surface area (TPSA) is 68.3 Å². The summed E-state index contributed by atoms with van der Waals surface area (Å²) in [7, 11) is 4.86. The van der Waals surface area contributed by atoms with Crippen LogP contribution in [0.2, 0.25) is 0 Å². The number of benzene rings is 1. The van der Waals surface area contributed by atoms with Gasteiger partial charge in [-0.05, 0) is 47.9 Å². The van der Waals surface area contributed by atoms with Crippen molar-refractivity contribution in [2.24, 2.45) is 5.92 Å². The molecule has 1 aromatic carbocycles. The van der Waals surface area contributed by atoms with Crippen LogP contribution in [0.15, 0.2) is 35.7 Å². The van der Waals surface area contributed by atoms with Crippen LogP contribution in [-0.2, 0) is 27.3 Å². The molecule has 0 atom stereocenters. The highest BCUT2D eigenvalue weighted by molar-refractivity contribution is 7.09. The van der Waals surface area contributed by atoms with Crippen LogP contribution in [0.3, 0.4) is 0 Å². The summed E-state index contributed by atoms with van der Waals surface area (Å²) in [6, 6.07) is 9.82. The molecule has 0 saturated heterocycles. The summed E-state index contributed by atoms with van der Waals surface area (Å²) in [4.78, 5) is 30.9. The predicted molar refractivity (Wildman–Crippen MR) is 136 cm³/mol. The number of nitrogens with zero attached hydrogens (tertiary/aromatic N) is 2. The van der Waals surface area contributed by atoms with E-state index in [1.54, 1.807) is 37.6 Å². The maximum absolute atomic E-state index is 13.4. The minimum absolute atomic E-state index is 0.00965. The number of rotatable bonds is 15. The van der Waals surface area contributed by atoms with E-state index >= 15 is 0 Å². The van der Waals surface area contributed by atoms with Gasteiger partial charge in [0.25, 0.3) is 0 Å². The zero-order chi connectivity index (χ0) is 24.9. The van der Waals surface area contributed by atoms with E-state index < -0.39 is 0 Å². The van der Waals surface area contributed by atoms with Gasteiger partial charge in [-0.2, -0.15) is 0 Å². The number of thiophene rings is 1. The van der Waals surface area contributed by atoms with Gasteiger partial charge in [-0.3, -0.25) is 9.59 Å². The van der Waals surface area contributed by atoms with E-state index in [0.29, 0.717) is 57.0 Å². The first-order chi connectivity index (χ1) is 16.4. The molecule has 0 bridgehead atoms. The molecule has 0 saturated carbocycles. The number of amides is 2. The van der Waals surface area contributed by atoms with Crippen LogP contribution in [-0.4, -0.2) is 69.2 Å². The van der Waals surface area contributed by atoms with Crippen LogP contribution in [0, 0.1) is 5.92 Å². The molecule has 0 aliphatic carbocycles. The Hall–Kier alpha value is -2.58. The second kappa shape index (κ2) is 14.6. The minimum Gasteiger partial charge on any atom is -0.493 e. The van der Waals surface area contributed by atoms with Crippen molar-refractivity contribution in [3.63, 3.8) is 0 Å². The van der Waals surface area contributed by atoms with Crippen molar-refractivity contribution in [1.82, 2.24) is 9.80 Å². The Morgan fingerprint density at radius 2 is 1.74 bits per heavy atom. The molecule has 0 unspecified atom stereocenters. The Labute approximate surface area is 207 Å². The molecule has 188 valence electrons. The van der Waals surface area contributed by atoms with Crippen LogP contribution < -0.4 is 9.47 Å². The van der Waals surface area contributed by atoms with E-state index in [0.717, 1.165) is 10.4 Å². The fourth-order valence-corrected chi connectivity index (χ4v) is 4.34. The zero-order valence-electron chi connectivity index (χ0n) is 21.0. The summed E-state index contributed by atoms with van der Waals surface area (Å²) < 4.78 is 15.9. The number of ether oxygens (including phenoxy) is 3. The normalized spacial score (nSPS) is 10.9. The second-order valence-corrected chi connectivity index (χ2v) is 9.63. The molecular weight excluding hydrogens is 452 g/mol. The standard InChI is InChI=1S/C26H38N2O5S/c1-20(2)16-25(29)27(12-7-14-31-3)19-26(30)28(18-22-8-6-15-34-22)13-11-21-9-10-23(32-4)24(17-21)33-5/h6,8-10,15,17,20H,7,11-14,16,18-19H2,1-5H3. The molecule has 0 aliphatic heterocycles. The second-order valence-electron chi connectivity index (χ2n) is 8.59. The first kappa shape index (κ1) is 27.7. The number of hydrogen-bond donors (Lipinski definition) is 0. The lowest BCUT2D eigenvalue weighted by molar-refractivity contribution is -0.141. The lowest BCUT2D eigenvalue weighted by atomic mass is 10.1. The van der Waals surface area contributed by atoms with E-state index in [4.69, 9.17) is 14.2 Å². The van der Waals surface area contributed by atoms with Crippen LogP contribution in [0.4, 0.5) is 0 Å². The molecule has 7 nitrogen and oxygen atoms in total. The first-order valence-corrected chi connectivity index (χ1v) is 12.5. The molecular formula is C26H38N2O5S. The average Bonchev–Trinajstić information content (AvgIpc) is 3.33. The van der Waals surface area contributed by atoms with Gasteiger partial charge in [-0.15, -0.1) is 11.3 Å². The van der Waals surface area contributed by atoms with Crippen LogP contribution >= 0.6 is 11.3 Å². The fraction of sp³-hybridized carbons (Fsp3) is 0.538. The van der Waals surface area contributed by atoms with Crippen molar-refractivity contribution in [3.05, 3.63) is 46.2 Å². The van der Waals surface area contributed by atoms with Gasteiger partial charge in [-0.25, -0.2) is 0 Å². The Morgan fingerprint density at radius 1 is 0.971 bits per heavy atom. The third kappa shape index (κ3) is 8.99. The molecule has 0 fully saturated rings. The third-order valence-corrected chi connectivity index (χ3v) is 6.30. The van der Waals surface area contributed by atoms with Gasteiger partial charge in [0, 0.05) is 38.1 Å². The molecule has 0 radical (unpaired) electrons. The molecule has 34 heavy (non-hydrogen) atoms. The van der Waals surface area contributed by atoms with Crippen LogP contribution in [0.1, 0.15) is 37.1 Å². The summed E-state index contributed by atoms with van der Waals surface area (Å²) in [5, 5.41) is 2.01. The third-order valence-electron chi connectivity index (χ3n) is 5.44. The highest BCUT2D eigenvalue weighted by Crippen LogP contribution is 2.28. The number of carbonyl (C=O) groups is 2. The highest BCUT2D eigenvalue weighted by Gasteiger charge is 2.22. The molecule has 1 heterocycles. The Morgan fingerprint density at radius 3 is 2.35 bits per heavy atom. The molecule has 1 aromatic heterocycles. The van der Waals surface area contributed by atoms with Gasteiger partial charge in [0.1, 0.15) is 0 Å². The average molecular weight is 491 g/mol. The maximum atomic E-state index is 13.4. The van der Waals surface area contributed by atoms with Gasteiger partial charge in [0.15, 0.2) is 11.5 Å². The maximum Gasteiger partial charge on any atom is 0.242 e. The first-order valence-electron chi connectivity index (χ1n) is 11.7. The van der Waals surface area contributed by atoms with Gasteiger partial charge >= 0.3 is 0 Å². The van der Waals surface area contributed by atoms with Gasteiger partial charge in [-0.1, -0.05) is 26.0 Å². The molecule has 2 aromatic rings. The summed E-state index contributed by atoms with van der Waals surface area (Å²) >= 11 is 1.62. The Bertz CT molecular complexity index is 885. The summed E-state index contributed by atoms with van der Waals surface area (Å²) in [6.07, 6.45) is 1.79. The predicted octanol–water partition coefficient (Wildman–Crippen LogP) is 4.25. The van der Waals surface area contributed by atoms with E-state index in [2.05, 4.69) is 0 Å². The lowest BCUT2D eigenvalue weighted by Gasteiger charge is -2.28. The zero-order valence-corrected chi connectivity index (χ0v) is 21.9. The van der Waals surface area contributed by atoms with Crippen LogP contribution in [0.5, 0.6) is 11.5 Å². The molecule has 8 heteroatoms. The molecule has 0 N–H and O–H groups in total. The van der Waals surface area contributed by atoms with Crippen molar-refractivity contribution in [2.45, 2.75) is 39.7 Å². The van der Waals surface area contributed by atoms with Crippen molar-refractivity contribution >= 4 is 23.2 Å². The van der Waals surface area contributed by atoms with Gasteiger partial charge in [0.05, 0.1) is 27.3 Å². The highest BCUT2D eigenvalue weighted by atomic mass is 32.1. The van der Waals surface area contributed by atoms with Gasteiger partial charge in [0.2, 0.25) is 11.8 Å².